The van der Waals surface area contributed by atoms with Crippen molar-refractivity contribution in [2.75, 3.05) is 10.0 Å². The van der Waals surface area contributed by atoms with Crippen LogP contribution in [0.5, 0.6) is 0 Å². The molecule has 0 aliphatic heterocycles. The second-order valence-electron chi connectivity index (χ2n) is 5.67. The summed E-state index contributed by atoms with van der Waals surface area (Å²) in [5.74, 6) is -0.558. The van der Waals surface area contributed by atoms with Gasteiger partial charge in [0.1, 0.15) is 4.90 Å². The lowest BCUT2D eigenvalue weighted by Gasteiger charge is -2.12. The Morgan fingerprint density at radius 3 is 2.25 bits per heavy atom. The molecule has 0 unspecified atom stereocenters. The molecule has 0 radical (unpaired) electrons. The van der Waals surface area contributed by atoms with Gasteiger partial charge in [-0.2, -0.15) is 0 Å². The van der Waals surface area contributed by atoms with E-state index in [0.29, 0.717) is 11.4 Å². The third kappa shape index (κ3) is 4.59. The maximum atomic E-state index is 12.7. The minimum absolute atomic E-state index is 0.0132. The van der Waals surface area contributed by atoms with Crippen LogP contribution in [-0.4, -0.2) is 14.3 Å². The Morgan fingerprint density at radius 2 is 1.54 bits per heavy atom. The quantitative estimate of drug-likeness (QED) is 0.518. The molecule has 0 saturated heterocycles. The van der Waals surface area contributed by atoms with Crippen molar-refractivity contribution < 1.29 is 13.2 Å². The Kier molecular flexibility index (Phi) is 6.15. The number of hydrogen-bond donors (Lipinski definition) is 2. The van der Waals surface area contributed by atoms with Gasteiger partial charge in [0.05, 0.1) is 20.8 Å². The molecule has 3 rings (SSSR count). The van der Waals surface area contributed by atoms with Gasteiger partial charge in [-0.25, -0.2) is 8.42 Å². The monoisotopic (exact) mass is 454 g/mol. The average molecular weight is 456 g/mol. The highest BCUT2D eigenvalue weighted by atomic mass is 35.5. The molecule has 28 heavy (non-hydrogen) atoms. The SMILES string of the molecule is O=C(Nc1cccc(Cl)c1Cl)c1ccc(Cl)c(S(=O)(=O)Nc2ccccc2)c1. The first-order valence-electron chi connectivity index (χ1n) is 7.91. The fourth-order valence-corrected chi connectivity index (χ4v) is 4.29. The summed E-state index contributed by atoms with van der Waals surface area (Å²) in [6.45, 7) is 0. The highest BCUT2D eigenvalue weighted by Crippen LogP contribution is 2.30. The third-order valence-electron chi connectivity index (χ3n) is 3.71. The maximum Gasteiger partial charge on any atom is 0.263 e. The number of carbonyl (C=O) groups is 1. The van der Waals surface area contributed by atoms with E-state index in [1.807, 2.05) is 0 Å². The molecule has 0 atom stereocenters. The van der Waals surface area contributed by atoms with E-state index in [4.69, 9.17) is 34.8 Å². The Hall–Kier alpha value is -2.25. The van der Waals surface area contributed by atoms with Crippen LogP contribution in [0.2, 0.25) is 15.1 Å². The van der Waals surface area contributed by atoms with Gasteiger partial charge >= 0.3 is 0 Å². The minimum Gasteiger partial charge on any atom is -0.321 e. The van der Waals surface area contributed by atoms with Gasteiger partial charge < -0.3 is 5.32 Å². The van der Waals surface area contributed by atoms with Gasteiger partial charge in [0.25, 0.3) is 15.9 Å². The first-order valence-corrected chi connectivity index (χ1v) is 10.5. The molecule has 0 spiro atoms. The second-order valence-corrected chi connectivity index (χ2v) is 8.52. The largest absolute Gasteiger partial charge is 0.321 e. The highest BCUT2D eigenvalue weighted by molar-refractivity contribution is 7.92. The van der Waals surface area contributed by atoms with Crippen LogP contribution >= 0.6 is 34.8 Å². The molecule has 0 aliphatic carbocycles. The Bertz CT molecular complexity index is 1140. The van der Waals surface area contributed by atoms with E-state index >= 15 is 0 Å². The van der Waals surface area contributed by atoms with Crippen molar-refractivity contribution in [1.29, 1.82) is 0 Å². The number of rotatable bonds is 5. The van der Waals surface area contributed by atoms with Gasteiger partial charge in [-0.1, -0.05) is 59.1 Å². The van der Waals surface area contributed by atoms with E-state index in [1.54, 1.807) is 48.5 Å². The van der Waals surface area contributed by atoms with Crippen molar-refractivity contribution in [3.63, 3.8) is 0 Å². The first-order chi connectivity index (χ1) is 13.3. The number of hydrogen-bond acceptors (Lipinski definition) is 3. The number of carbonyl (C=O) groups excluding carboxylic acids is 1. The van der Waals surface area contributed by atoms with Crippen LogP contribution in [0.3, 0.4) is 0 Å². The fourth-order valence-electron chi connectivity index (χ4n) is 2.36. The van der Waals surface area contributed by atoms with Crippen LogP contribution in [0, 0.1) is 0 Å². The molecular weight excluding hydrogens is 443 g/mol. The zero-order valence-corrected chi connectivity index (χ0v) is 17.2. The predicted molar refractivity (Wildman–Crippen MR) is 113 cm³/mol. The molecule has 3 aromatic carbocycles. The molecule has 0 aromatic heterocycles. The van der Waals surface area contributed by atoms with E-state index in [1.165, 1.54) is 18.2 Å². The Morgan fingerprint density at radius 1 is 0.821 bits per heavy atom. The molecule has 0 bridgehead atoms. The fraction of sp³-hybridized carbons (Fsp3) is 0. The van der Waals surface area contributed by atoms with Gasteiger partial charge in [-0.3, -0.25) is 9.52 Å². The molecule has 0 heterocycles. The highest BCUT2D eigenvalue weighted by Gasteiger charge is 2.21. The van der Waals surface area contributed by atoms with Crippen molar-refractivity contribution in [3.8, 4) is 0 Å². The molecule has 1 amide bonds. The number of nitrogens with one attached hydrogen (secondary N) is 2. The topological polar surface area (TPSA) is 75.3 Å². The standard InChI is InChI=1S/C19H13Cl3N2O3S/c20-14-10-9-12(19(25)23-16-8-4-7-15(21)18(16)22)11-17(14)28(26,27)24-13-5-2-1-3-6-13/h1-11,24H,(H,23,25). The van der Waals surface area contributed by atoms with Crippen LogP contribution in [0.15, 0.2) is 71.6 Å². The van der Waals surface area contributed by atoms with E-state index in [0.717, 1.165) is 0 Å². The molecular formula is C19H13Cl3N2O3S. The second kappa shape index (κ2) is 8.41. The zero-order valence-electron chi connectivity index (χ0n) is 14.1. The minimum atomic E-state index is -4.00. The predicted octanol–water partition coefficient (Wildman–Crippen LogP) is 5.70. The van der Waals surface area contributed by atoms with Gasteiger partial charge in [-0.05, 0) is 42.5 Å². The number of amides is 1. The summed E-state index contributed by atoms with van der Waals surface area (Å²) < 4.78 is 27.8. The van der Waals surface area contributed by atoms with Crippen molar-refractivity contribution >= 4 is 62.1 Å². The number of sulfonamides is 1. The van der Waals surface area contributed by atoms with Crippen LogP contribution in [-0.2, 0) is 10.0 Å². The molecule has 0 fully saturated rings. The lowest BCUT2D eigenvalue weighted by molar-refractivity contribution is 0.102. The molecule has 9 heteroatoms. The lowest BCUT2D eigenvalue weighted by Crippen LogP contribution is -2.16. The van der Waals surface area contributed by atoms with Crippen molar-refractivity contribution in [1.82, 2.24) is 0 Å². The van der Waals surface area contributed by atoms with E-state index in [2.05, 4.69) is 10.0 Å². The van der Waals surface area contributed by atoms with Crippen molar-refractivity contribution in [3.05, 3.63) is 87.4 Å². The summed E-state index contributed by atoms with van der Waals surface area (Å²) in [5, 5.41) is 3.06. The zero-order chi connectivity index (χ0) is 20.3. The molecule has 0 aliphatic rings. The maximum absolute atomic E-state index is 12.7. The lowest BCUT2D eigenvalue weighted by atomic mass is 10.2. The summed E-state index contributed by atoms with van der Waals surface area (Å²) in [5.41, 5.74) is 0.772. The molecule has 2 N–H and O–H groups in total. The van der Waals surface area contributed by atoms with E-state index in [-0.39, 0.29) is 25.5 Å². The number of anilines is 2. The number of halogens is 3. The van der Waals surface area contributed by atoms with Crippen LogP contribution in [0.25, 0.3) is 0 Å². The van der Waals surface area contributed by atoms with E-state index in [9.17, 15) is 13.2 Å². The first kappa shape index (κ1) is 20.5. The molecule has 3 aromatic rings. The molecule has 0 saturated carbocycles. The smallest absolute Gasteiger partial charge is 0.263 e. The van der Waals surface area contributed by atoms with E-state index < -0.39 is 15.9 Å². The summed E-state index contributed by atoms with van der Waals surface area (Å²) in [4.78, 5) is 12.3. The normalized spacial score (nSPS) is 11.1. The summed E-state index contributed by atoms with van der Waals surface area (Å²) in [7, 11) is -4.00. The summed E-state index contributed by atoms with van der Waals surface area (Å²) >= 11 is 18.1. The summed E-state index contributed by atoms with van der Waals surface area (Å²) in [6.07, 6.45) is 0. The van der Waals surface area contributed by atoms with Gasteiger partial charge in [0.15, 0.2) is 0 Å². The summed E-state index contributed by atoms with van der Waals surface area (Å²) in [6, 6.07) is 17.1. The van der Waals surface area contributed by atoms with Gasteiger partial charge in [-0.15, -0.1) is 0 Å². The van der Waals surface area contributed by atoms with Crippen LogP contribution in [0.1, 0.15) is 10.4 Å². The Balaban J connectivity index is 1.90. The number of benzene rings is 3. The van der Waals surface area contributed by atoms with Gasteiger partial charge in [0.2, 0.25) is 0 Å². The number of para-hydroxylation sites is 1. The Labute approximate surface area is 177 Å². The van der Waals surface area contributed by atoms with Crippen LogP contribution in [0.4, 0.5) is 11.4 Å². The molecule has 144 valence electrons. The van der Waals surface area contributed by atoms with Crippen LogP contribution < -0.4 is 10.0 Å². The van der Waals surface area contributed by atoms with Crippen molar-refractivity contribution in [2.24, 2.45) is 0 Å². The molecule has 5 nitrogen and oxygen atoms in total. The third-order valence-corrected chi connectivity index (χ3v) is 6.39. The average Bonchev–Trinajstić information content (AvgIpc) is 2.66. The van der Waals surface area contributed by atoms with Crippen molar-refractivity contribution in [2.45, 2.75) is 4.90 Å². The van der Waals surface area contributed by atoms with Gasteiger partial charge in [0, 0.05) is 11.3 Å².